The van der Waals surface area contributed by atoms with E-state index >= 15 is 0 Å². The molecule has 0 spiro atoms. The summed E-state index contributed by atoms with van der Waals surface area (Å²) < 4.78 is 0. The summed E-state index contributed by atoms with van der Waals surface area (Å²) in [4.78, 5) is 13.5. The molecule has 3 heterocycles. The molecule has 128 valence electrons. The third kappa shape index (κ3) is 2.48. The second-order valence-corrected chi connectivity index (χ2v) is 6.27. The lowest BCUT2D eigenvalue weighted by Gasteiger charge is -2.45. The first-order valence-electron chi connectivity index (χ1n) is 8.33. The molecule has 0 bridgehead atoms. The van der Waals surface area contributed by atoms with Gasteiger partial charge in [-0.1, -0.05) is 30.4 Å². The van der Waals surface area contributed by atoms with Crippen LogP contribution in [0.25, 0.3) is 6.08 Å². The number of piperidine rings is 1. The Morgan fingerprint density at radius 3 is 2.92 bits per heavy atom. The predicted molar refractivity (Wildman–Crippen MR) is 93.8 cm³/mol. The molecule has 1 fully saturated rings. The van der Waals surface area contributed by atoms with E-state index in [2.05, 4.69) is 20.7 Å². The van der Waals surface area contributed by atoms with E-state index in [4.69, 9.17) is 0 Å². The zero-order chi connectivity index (χ0) is 17.3. The van der Waals surface area contributed by atoms with Crippen LogP contribution in [-0.4, -0.2) is 38.1 Å². The SMILES string of the molecule is O=C(O)N1CCCCC1(C1=CNc2ccccc2C=C1)c1cn[nH]n1. The van der Waals surface area contributed by atoms with Gasteiger partial charge in [0.1, 0.15) is 11.2 Å². The molecule has 0 saturated carbocycles. The van der Waals surface area contributed by atoms with Crippen molar-refractivity contribution in [1.29, 1.82) is 0 Å². The standard InChI is InChI=1S/C18H19N5O2/c24-17(25)23-10-4-3-9-18(23,16-12-20-22-21-16)14-8-7-13-5-1-2-6-15(13)19-11-14/h1-2,5-8,11-12,19H,3-4,9-10H2,(H,24,25)(H,20,21,22). The van der Waals surface area contributed by atoms with Crippen molar-refractivity contribution in [2.24, 2.45) is 0 Å². The smallest absolute Gasteiger partial charge is 0.408 e. The number of fused-ring (bicyclic) bond motifs is 1. The molecule has 25 heavy (non-hydrogen) atoms. The highest BCUT2D eigenvalue weighted by molar-refractivity contribution is 5.74. The zero-order valence-corrected chi connectivity index (χ0v) is 13.6. The number of para-hydroxylation sites is 1. The van der Waals surface area contributed by atoms with Gasteiger partial charge in [-0.15, -0.1) is 0 Å². The van der Waals surface area contributed by atoms with E-state index < -0.39 is 11.6 Å². The summed E-state index contributed by atoms with van der Waals surface area (Å²) in [5.74, 6) is 0. The number of aromatic nitrogens is 3. The van der Waals surface area contributed by atoms with Gasteiger partial charge in [0, 0.05) is 24.0 Å². The van der Waals surface area contributed by atoms with E-state index in [1.165, 1.54) is 4.90 Å². The fourth-order valence-electron chi connectivity index (χ4n) is 3.76. The third-order valence-corrected chi connectivity index (χ3v) is 4.96. The number of aromatic amines is 1. The molecule has 1 aromatic heterocycles. The molecule has 4 rings (SSSR count). The summed E-state index contributed by atoms with van der Waals surface area (Å²) in [7, 11) is 0. The number of nitrogens with one attached hydrogen (secondary N) is 2. The number of carbonyl (C=O) groups is 1. The van der Waals surface area contributed by atoms with Gasteiger partial charge in [0.2, 0.25) is 0 Å². The minimum Gasteiger partial charge on any atom is -0.465 e. The van der Waals surface area contributed by atoms with Crippen LogP contribution >= 0.6 is 0 Å². The summed E-state index contributed by atoms with van der Waals surface area (Å²) in [5, 5.41) is 24.0. The molecule has 3 N–H and O–H groups in total. The van der Waals surface area contributed by atoms with Crippen LogP contribution in [0.1, 0.15) is 30.5 Å². The van der Waals surface area contributed by atoms with Crippen molar-refractivity contribution < 1.29 is 9.90 Å². The second-order valence-electron chi connectivity index (χ2n) is 6.27. The average Bonchev–Trinajstić information content (AvgIpc) is 3.09. The molecule has 1 atom stereocenters. The van der Waals surface area contributed by atoms with Crippen molar-refractivity contribution in [3.8, 4) is 0 Å². The monoisotopic (exact) mass is 337 g/mol. The van der Waals surface area contributed by atoms with E-state index in [0.29, 0.717) is 18.7 Å². The molecule has 1 aromatic carbocycles. The van der Waals surface area contributed by atoms with Crippen molar-refractivity contribution in [1.82, 2.24) is 20.3 Å². The highest BCUT2D eigenvalue weighted by atomic mass is 16.4. The Labute approximate surface area is 145 Å². The molecule has 2 aliphatic heterocycles. The quantitative estimate of drug-likeness (QED) is 0.782. The largest absolute Gasteiger partial charge is 0.465 e. The Hall–Kier alpha value is -3.09. The number of amides is 1. The normalized spacial score (nSPS) is 22.6. The number of nitrogens with zero attached hydrogens (tertiary/aromatic N) is 3. The van der Waals surface area contributed by atoms with Gasteiger partial charge in [0.05, 0.1) is 6.20 Å². The van der Waals surface area contributed by atoms with Crippen LogP contribution in [0.2, 0.25) is 0 Å². The molecule has 0 radical (unpaired) electrons. The third-order valence-electron chi connectivity index (χ3n) is 4.96. The topological polar surface area (TPSA) is 94.1 Å². The van der Waals surface area contributed by atoms with Gasteiger partial charge < -0.3 is 10.4 Å². The number of likely N-dealkylation sites (tertiary alicyclic amines) is 1. The number of H-pyrrole nitrogens is 1. The molecule has 0 aliphatic carbocycles. The van der Waals surface area contributed by atoms with Crippen molar-refractivity contribution >= 4 is 17.9 Å². The molecular weight excluding hydrogens is 318 g/mol. The fourth-order valence-corrected chi connectivity index (χ4v) is 3.76. The molecule has 1 amide bonds. The van der Waals surface area contributed by atoms with Gasteiger partial charge in [-0.2, -0.15) is 15.4 Å². The summed E-state index contributed by atoms with van der Waals surface area (Å²) in [5.41, 5.74) is 2.68. The van der Waals surface area contributed by atoms with Crippen LogP contribution < -0.4 is 5.32 Å². The van der Waals surface area contributed by atoms with Crippen LogP contribution in [0.4, 0.5) is 10.5 Å². The van der Waals surface area contributed by atoms with Gasteiger partial charge in [-0.3, -0.25) is 4.90 Å². The second kappa shape index (κ2) is 6.08. The highest BCUT2D eigenvalue weighted by Crippen LogP contribution is 2.44. The van der Waals surface area contributed by atoms with E-state index in [9.17, 15) is 9.90 Å². The molecule has 2 aliphatic rings. The van der Waals surface area contributed by atoms with Gasteiger partial charge in [-0.05, 0) is 30.9 Å². The predicted octanol–water partition coefficient (Wildman–Crippen LogP) is 3.19. The van der Waals surface area contributed by atoms with Gasteiger partial charge in [0.15, 0.2) is 0 Å². The maximum atomic E-state index is 12.0. The maximum Gasteiger partial charge on any atom is 0.408 e. The molecule has 7 heteroatoms. The lowest BCUT2D eigenvalue weighted by Crippen LogP contribution is -2.53. The zero-order valence-electron chi connectivity index (χ0n) is 13.6. The van der Waals surface area contributed by atoms with Crippen LogP contribution in [0, 0.1) is 0 Å². The number of benzene rings is 1. The van der Waals surface area contributed by atoms with E-state index in [0.717, 1.165) is 29.7 Å². The Kier molecular flexibility index (Phi) is 3.76. The number of rotatable bonds is 2. The Morgan fingerprint density at radius 1 is 1.24 bits per heavy atom. The molecular formula is C18H19N5O2. The number of hydrogen-bond acceptors (Lipinski definition) is 4. The van der Waals surface area contributed by atoms with Crippen molar-refractivity contribution in [3.63, 3.8) is 0 Å². The number of anilines is 1. The first kappa shape index (κ1) is 15.4. The number of hydrogen-bond donors (Lipinski definition) is 3. The van der Waals surface area contributed by atoms with Gasteiger partial charge in [0.25, 0.3) is 0 Å². The minimum atomic E-state index is -0.946. The molecule has 2 aromatic rings. The van der Waals surface area contributed by atoms with Gasteiger partial charge in [-0.25, -0.2) is 4.79 Å². The lowest BCUT2D eigenvalue weighted by atomic mass is 9.77. The molecule has 1 unspecified atom stereocenters. The first-order valence-corrected chi connectivity index (χ1v) is 8.33. The van der Waals surface area contributed by atoms with Crippen LogP contribution in [0.3, 0.4) is 0 Å². The Bertz CT molecular complexity index is 843. The summed E-state index contributed by atoms with van der Waals surface area (Å²) in [6.45, 7) is 0.473. The van der Waals surface area contributed by atoms with Crippen LogP contribution in [0.15, 0.2) is 48.3 Å². The average molecular weight is 337 g/mol. The highest BCUT2D eigenvalue weighted by Gasteiger charge is 2.47. The van der Waals surface area contributed by atoms with E-state index in [1.54, 1.807) is 6.20 Å². The first-order chi connectivity index (χ1) is 12.2. The Morgan fingerprint density at radius 2 is 2.12 bits per heavy atom. The Balaban J connectivity index is 1.85. The molecule has 1 saturated heterocycles. The van der Waals surface area contributed by atoms with Crippen molar-refractivity contribution in [3.05, 3.63) is 59.6 Å². The fraction of sp³-hybridized carbons (Fsp3) is 0.278. The van der Waals surface area contributed by atoms with Gasteiger partial charge >= 0.3 is 6.09 Å². The van der Waals surface area contributed by atoms with Crippen molar-refractivity contribution in [2.75, 3.05) is 11.9 Å². The summed E-state index contributed by atoms with van der Waals surface area (Å²) in [6, 6.07) is 7.97. The van der Waals surface area contributed by atoms with Crippen LogP contribution in [0.5, 0.6) is 0 Å². The van der Waals surface area contributed by atoms with Crippen LogP contribution in [-0.2, 0) is 5.54 Å². The van der Waals surface area contributed by atoms with Crippen molar-refractivity contribution in [2.45, 2.75) is 24.8 Å². The summed E-state index contributed by atoms with van der Waals surface area (Å²) in [6.07, 6.45) is 8.99. The van der Waals surface area contributed by atoms with E-state index in [-0.39, 0.29) is 0 Å². The lowest BCUT2D eigenvalue weighted by molar-refractivity contribution is 0.0652. The molecule has 7 nitrogen and oxygen atoms in total. The van der Waals surface area contributed by atoms with E-state index in [1.807, 2.05) is 42.6 Å². The number of carboxylic acid groups (broad SMARTS) is 1. The summed E-state index contributed by atoms with van der Waals surface area (Å²) >= 11 is 0. The minimum absolute atomic E-state index is 0.473. The maximum absolute atomic E-state index is 12.0.